The van der Waals surface area contributed by atoms with Crippen LogP contribution in [0.5, 0.6) is 0 Å². The lowest BCUT2D eigenvalue weighted by atomic mass is 10.2. The number of pyridine rings is 1. The molecule has 7 heteroatoms. The second-order valence-electron chi connectivity index (χ2n) is 4.95. The Kier molecular flexibility index (Phi) is 3.79. The highest BCUT2D eigenvalue weighted by molar-refractivity contribution is 6.30. The summed E-state index contributed by atoms with van der Waals surface area (Å²) < 4.78 is 1.61. The average molecular weight is 306 g/mol. The summed E-state index contributed by atoms with van der Waals surface area (Å²) in [4.78, 5) is 20.7. The molecule has 110 valence electrons. The van der Waals surface area contributed by atoms with E-state index in [0.29, 0.717) is 23.8 Å². The first-order chi connectivity index (χ1) is 10.1. The highest BCUT2D eigenvalue weighted by atomic mass is 35.5. The third kappa shape index (κ3) is 2.85. The minimum Gasteiger partial charge on any atom is -0.353 e. The lowest BCUT2D eigenvalue weighted by molar-refractivity contribution is 0.0735. The van der Waals surface area contributed by atoms with Gasteiger partial charge in [-0.05, 0) is 18.2 Å². The number of anilines is 1. The molecular weight excluding hydrogens is 290 g/mol. The van der Waals surface area contributed by atoms with Gasteiger partial charge in [0.25, 0.3) is 5.91 Å². The van der Waals surface area contributed by atoms with E-state index in [4.69, 9.17) is 11.6 Å². The lowest BCUT2D eigenvalue weighted by Gasteiger charge is -2.35. The van der Waals surface area contributed by atoms with E-state index in [1.165, 1.54) is 0 Å². The number of amides is 1. The zero-order valence-electron chi connectivity index (χ0n) is 11.7. The van der Waals surface area contributed by atoms with E-state index >= 15 is 0 Å². The number of nitrogens with zero attached hydrogens (tertiary/aromatic N) is 5. The summed E-state index contributed by atoms with van der Waals surface area (Å²) in [6, 6.07) is 5.48. The van der Waals surface area contributed by atoms with E-state index in [-0.39, 0.29) is 5.91 Å². The quantitative estimate of drug-likeness (QED) is 0.842. The Morgan fingerprint density at radius 3 is 2.52 bits per heavy atom. The van der Waals surface area contributed by atoms with Crippen molar-refractivity contribution >= 4 is 23.3 Å². The molecular formula is C14H16ClN5O. The van der Waals surface area contributed by atoms with Crippen LogP contribution in [-0.4, -0.2) is 51.8 Å². The Labute approximate surface area is 127 Å². The van der Waals surface area contributed by atoms with Crippen LogP contribution in [0.25, 0.3) is 0 Å². The van der Waals surface area contributed by atoms with Crippen LogP contribution in [0.4, 0.5) is 5.82 Å². The molecule has 0 atom stereocenters. The molecule has 2 aromatic rings. The van der Waals surface area contributed by atoms with Crippen molar-refractivity contribution in [3.8, 4) is 0 Å². The molecule has 0 radical (unpaired) electrons. The molecule has 0 N–H and O–H groups in total. The number of hydrogen-bond donors (Lipinski definition) is 0. The number of carbonyl (C=O) groups is 1. The van der Waals surface area contributed by atoms with Crippen LogP contribution in [0, 0.1) is 0 Å². The number of rotatable bonds is 2. The summed E-state index contributed by atoms with van der Waals surface area (Å²) in [6.07, 6.45) is 3.28. The highest BCUT2D eigenvalue weighted by Crippen LogP contribution is 2.17. The van der Waals surface area contributed by atoms with Crippen LogP contribution in [-0.2, 0) is 7.05 Å². The highest BCUT2D eigenvalue weighted by Gasteiger charge is 2.24. The number of aryl methyl sites for hydroxylation is 1. The maximum atomic E-state index is 12.4. The van der Waals surface area contributed by atoms with Crippen LogP contribution in [0.3, 0.4) is 0 Å². The SMILES string of the molecule is Cn1nccc1C(=O)N1CCN(c2ccc(Cl)cn2)CC1. The minimum absolute atomic E-state index is 0.0266. The summed E-state index contributed by atoms with van der Waals surface area (Å²) >= 11 is 5.85. The molecule has 3 heterocycles. The summed E-state index contributed by atoms with van der Waals surface area (Å²) in [5.74, 6) is 0.922. The molecule has 1 amide bonds. The summed E-state index contributed by atoms with van der Waals surface area (Å²) in [6.45, 7) is 2.87. The molecule has 0 spiro atoms. The molecule has 3 rings (SSSR count). The lowest BCUT2D eigenvalue weighted by Crippen LogP contribution is -2.49. The molecule has 1 fully saturated rings. The molecule has 1 aliphatic heterocycles. The van der Waals surface area contributed by atoms with Gasteiger partial charge in [-0.15, -0.1) is 0 Å². The molecule has 2 aromatic heterocycles. The molecule has 1 aliphatic rings. The number of piperazine rings is 1. The first kappa shape index (κ1) is 13.9. The topological polar surface area (TPSA) is 54.3 Å². The van der Waals surface area contributed by atoms with Crippen molar-refractivity contribution in [1.29, 1.82) is 0 Å². The van der Waals surface area contributed by atoms with E-state index in [0.717, 1.165) is 18.9 Å². The Balaban J connectivity index is 1.64. The molecule has 21 heavy (non-hydrogen) atoms. The van der Waals surface area contributed by atoms with Gasteiger partial charge in [-0.1, -0.05) is 11.6 Å². The molecule has 0 bridgehead atoms. The first-order valence-corrected chi connectivity index (χ1v) is 7.17. The number of halogens is 1. The van der Waals surface area contributed by atoms with Gasteiger partial charge in [0.15, 0.2) is 0 Å². The van der Waals surface area contributed by atoms with Gasteiger partial charge in [0.2, 0.25) is 0 Å². The largest absolute Gasteiger partial charge is 0.353 e. The third-order valence-corrected chi connectivity index (χ3v) is 3.87. The van der Waals surface area contributed by atoms with Crippen molar-refractivity contribution in [2.45, 2.75) is 0 Å². The molecule has 6 nitrogen and oxygen atoms in total. The van der Waals surface area contributed by atoms with Crippen molar-refractivity contribution in [3.05, 3.63) is 41.3 Å². The fourth-order valence-electron chi connectivity index (χ4n) is 2.44. The molecule has 1 saturated heterocycles. The fraction of sp³-hybridized carbons (Fsp3) is 0.357. The fourth-order valence-corrected chi connectivity index (χ4v) is 2.55. The molecule has 0 unspecified atom stereocenters. The van der Waals surface area contributed by atoms with Gasteiger partial charge in [0.1, 0.15) is 11.5 Å². The second-order valence-corrected chi connectivity index (χ2v) is 5.39. The second kappa shape index (κ2) is 5.73. The Morgan fingerprint density at radius 1 is 1.19 bits per heavy atom. The summed E-state index contributed by atoms with van der Waals surface area (Å²) in [5.41, 5.74) is 0.619. The van der Waals surface area contributed by atoms with Crippen LogP contribution in [0.2, 0.25) is 5.02 Å². The maximum absolute atomic E-state index is 12.4. The van der Waals surface area contributed by atoms with Crippen molar-refractivity contribution in [1.82, 2.24) is 19.7 Å². The smallest absolute Gasteiger partial charge is 0.272 e. The van der Waals surface area contributed by atoms with E-state index in [1.54, 1.807) is 30.2 Å². The van der Waals surface area contributed by atoms with E-state index < -0.39 is 0 Å². The van der Waals surface area contributed by atoms with Gasteiger partial charge in [-0.3, -0.25) is 9.48 Å². The Bertz CT molecular complexity index is 631. The standard InChI is InChI=1S/C14H16ClN5O/c1-18-12(4-5-17-18)14(21)20-8-6-19(7-9-20)13-3-2-11(15)10-16-13/h2-5,10H,6-9H2,1H3. The Morgan fingerprint density at radius 2 is 1.95 bits per heavy atom. The van der Waals surface area contributed by atoms with Crippen molar-refractivity contribution in [2.24, 2.45) is 7.05 Å². The van der Waals surface area contributed by atoms with Crippen LogP contribution >= 0.6 is 11.6 Å². The summed E-state index contributed by atoms with van der Waals surface area (Å²) in [5, 5.41) is 4.67. The van der Waals surface area contributed by atoms with Crippen LogP contribution < -0.4 is 4.90 Å². The Hall–Kier alpha value is -2.08. The van der Waals surface area contributed by atoms with E-state index in [2.05, 4.69) is 15.0 Å². The van der Waals surface area contributed by atoms with E-state index in [1.807, 2.05) is 17.0 Å². The molecule has 0 aliphatic carbocycles. The van der Waals surface area contributed by atoms with Gasteiger partial charge in [0, 0.05) is 45.6 Å². The average Bonchev–Trinajstić information content (AvgIpc) is 2.94. The van der Waals surface area contributed by atoms with Gasteiger partial charge < -0.3 is 9.80 Å². The van der Waals surface area contributed by atoms with Crippen molar-refractivity contribution in [3.63, 3.8) is 0 Å². The minimum atomic E-state index is 0.0266. The van der Waals surface area contributed by atoms with Gasteiger partial charge >= 0.3 is 0 Å². The molecule has 0 aromatic carbocycles. The number of carbonyl (C=O) groups excluding carboxylic acids is 1. The maximum Gasteiger partial charge on any atom is 0.272 e. The predicted molar refractivity (Wildman–Crippen MR) is 80.6 cm³/mol. The van der Waals surface area contributed by atoms with Crippen LogP contribution in [0.1, 0.15) is 10.5 Å². The third-order valence-electron chi connectivity index (χ3n) is 3.64. The van der Waals surface area contributed by atoms with Crippen molar-refractivity contribution < 1.29 is 4.79 Å². The normalized spacial score (nSPS) is 15.3. The van der Waals surface area contributed by atoms with Gasteiger partial charge in [0.05, 0.1) is 5.02 Å². The predicted octanol–water partition coefficient (Wildman–Crippen LogP) is 1.43. The van der Waals surface area contributed by atoms with Crippen molar-refractivity contribution in [2.75, 3.05) is 31.1 Å². The van der Waals surface area contributed by atoms with E-state index in [9.17, 15) is 4.79 Å². The summed E-state index contributed by atoms with van der Waals surface area (Å²) in [7, 11) is 1.78. The first-order valence-electron chi connectivity index (χ1n) is 6.79. The monoisotopic (exact) mass is 305 g/mol. The zero-order valence-corrected chi connectivity index (χ0v) is 12.5. The number of hydrogen-bond acceptors (Lipinski definition) is 4. The van der Waals surface area contributed by atoms with Gasteiger partial charge in [-0.25, -0.2) is 4.98 Å². The van der Waals surface area contributed by atoms with Crippen LogP contribution in [0.15, 0.2) is 30.6 Å². The molecule has 0 saturated carbocycles. The zero-order chi connectivity index (χ0) is 14.8. The van der Waals surface area contributed by atoms with Gasteiger partial charge in [-0.2, -0.15) is 5.10 Å². The number of aromatic nitrogens is 3.